The van der Waals surface area contributed by atoms with Gasteiger partial charge in [-0.3, -0.25) is 0 Å². The van der Waals surface area contributed by atoms with E-state index in [0.29, 0.717) is 29.8 Å². The van der Waals surface area contributed by atoms with Crippen LogP contribution >= 0.6 is 0 Å². The summed E-state index contributed by atoms with van der Waals surface area (Å²) in [6, 6.07) is 16.6. The summed E-state index contributed by atoms with van der Waals surface area (Å²) in [7, 11) is 0. The highest BCUT2D eigenvalue weighted by atomic mass is 19.1. The topological polar surface area (TPSA) is 49.8 Å². The fourth-order valence-corrected chi connectivity index (χ4v) is 2.58. The Bertz CT molecular complexity index is 848. The standard InChI is InChI=1S/C20H21FN4/c1-14(2)16-8-4-6-10-18(16)24-20-22-12-11-19(25-20)23-13-15-7-3-5-9-17(15)21/h3-12,14H,13H2,1-2H3,(H2,22,23,24,25). The SMILES string of the molecule is CC(C)c1ccccc1Nc1nccc(NCc2ccccc2F)n1. The van der Waals surface area contributed by atoms with E-state index in [0.717, 1.165) is 5.69 Å². The molecule has 0 saturated carbocycles. The monoisotopic (exact) mass is 336 g/mol. The minimum absolute atomic E-state index is 0.228. The second-order valence-electron chi connectivity index (χ2n) is 6.08. The van der Waals surface area contributed by atoms with Gasteiger partial charge < -0.3 is 10.6 Å². The fraction of sp³-hybridized carbons (Fsp3) is 0.200. The molecule has 0 spiro atoms. The zero-order valence-electron chi connectivity index (χ0n) is 14.3. The highest BCUT2D eigenvalue weighted by molar-refractivity contribution is 5.60. The molecule has 25 heavy (non-hydrogen) atoms. The molecular formula is C20H21FN4. The Morgan fingerprint density at radius 1 is 1.00 bits per heavy atom. The first-order valence-corrected chi connectivity index (χ1v) is 8.30. The van der Waals surface area contributed by atoms with Gasteiger partial charge in [0, 0.05) is 24.0 Å². The number of rotatable bonds is 6. The Kier molecular flexibility index (Phi) is 5.23. The van der Waals surface area contributed by atoms with Crippen LogP contribution in [0.25, 0.3) is 0 Å². The summed E-state index contributed by atoms with van der Waals surface area (Å²) in [5.41, 5.74) is 2.79. The molecule has 0 saturated heterocycles. The van der Waals surface area contributed by atoms with Gasteiger partial charge in [-0.15, -0.1) is 0 Å². The summed E-state index contributed by atoms with van der Waals surface area (Å²) in [5, 5.41) is 6.40. The van der Waals surface area contributed by atoms with Crippen LogP contribution < -0.4 is 10.6 Å². The van der Waals surface area contributed by atoms with E-state index in [-0.39, 0.29) is 5.82 Å². The van der Waals surface area contributed by atoms with Crippen molar-refractivity contribution in [3.63, 3.8) is 0 Å². The van der Waals surface area contributed by atoms with Crippen LogP contribution in [-0.2, 0) is 6.54 Å². The molecular weight excluding hydrogens is 315 g/mol. The Labute approximate surface area is 147 Å². The minimum atomic E-state index is -0.228. The van der Waals surface area contributed by atoms with E-state index in [1.54, 1.807) is 24.4 Å². The van der Waals surface area contributed by atoms with Crippen molar-refractivity contribution >= 4 is 17.5 Å². The maximum Gasteiger partial charge on any atom is 0.229 e. The van der Waals surface area contributed by atoms with Gasteiger partial charge in [-0.1, -0.05) is 50.2 Å². The lowest BCUT2D eigenvalue weighted by Gasteiger charge is -2.14. The quantitative estimate of drug-likeness (QED) is 0.658. The van der Waals surface area contributed by atoms with Crippen molar-refractivity contribution in [1.29, 1.82) is 0 Å². The number of benzene rings is 2. The van der Waals surface area contributed by atoms with Crippen LogP contribution in [0.4, 0.5) is 21.8 Å². The first kappa shape index (κ1) is 16.9. The molecule has 0 amide bonds. The van der Waals surface area contributed by atoms with Gasteiger partial charge >= 0.3 is 0 Å². The van der Waals surface area contributed by atoms with Crippen molar-refractivity contribution in [3.05, 3.63) is 77.7 Å². The number of nitrogens with zero attached hydrogens (tertiary/aromatic N) is 2. The van der Waals surface area contributed by atoms with E-state index >= 15 is 0 Å². The lowest BCUT2D eigenvalue weighted by atomic mass is 10.0. The van der Waals surface area contributed by atoms with E-state index in [9.17, 15) is 4.39 Å². The van der Waals surface area contributed by atoms with Gasteiger partial charge in [-0.2, -0.15) is 4.98 Å². The third-order valence-corrected chi connectivity index (χ3v) is 3.90. The highest BCUT2D eigenvalue weighted by Gasteiger charge is 2.08. The van der Waals surface area contributed by atoms with Crippen molar-refractivity contribution < 1.29 is 4.39 Å². The molecule has 1 aromatic heterocycles. The largest absolute Gasteiger partial charge is 0.366 e. The van der Waals surface area contributed by atoms with Crippen molar-refractivity contribution in [2.45, 2.75) is 26.3 Å². The van der Waals surface area contributed by atoms with Gasteiger partial charge in [0.2, 0.25) is 5.95 Å². The number of aromatic nitrogens is 2. The van der Waals surface area contributed by atoms with Crippen LogP contribution in [0, 0.1) is 5.82 Å². The summed E-state index contributed by atoms with van der Waals surface area (Å²) in [5.74, 6) is 1.31. The van der Waals surface area contributed by atoms with Gasteiger partial charge in [0.05, 0.1) is 0 Å². The number of nitrogens with one attached hydrogen (secondary N) is 2. The lowest BCUT2D eigenvalue weighted by Crippen LogP contribution is -2.06. The molecule has 0 atom stereocenters. The van der Waals surface area contributed by atoms with Crippen LogP contribution in [0.5, 0.6) is 0 Å². The molecule has 2 aromatic carbocycles. The third-order valence-electron chi connectivity index (χ3n) is 3.90. The van der Waals surface area contributed by atoms with Crippen LogP contribution in [0.2, 0.25) is 0 Å². The van der Waals surface area contributed by atoms with Gasteiger partial charge in [0.25, 0.3) is 0 Å². The Morgan fingerprint density at radius 3 is 2.56 bits per heavy atom. The molecule has 0 aliphatic rings. The molecule has 1 heterocycles. The van der Waals surface area contributed by atoms with Crippen LogP contribution in [0.1, 0.15) is 30.9 Å². The average molecular weight is 336 g/mol. The second-order valence-corrected chi connectivity index (χ2v) is 6.08. The molecule has 0 fully saturated rings. The molecule has 0 aliphatic heterocycles. The molecule has 0 aliphatic carbocycles. The molecule has 128 valence electrons. The molecule has 0 radical (unpaired) electrons. The number of hydrogen-bond acceptors (Lipinski definition) is 4. The molecule has 2 N–H and O–H groups in total. The number of hydrogen-bond donors (Lipinski definition) is 2. The van der Waals surface area contributed by atoms with Crippen LogP contribution in [0.3, 0.4) is 0 Å². The van der Waals surface area contributed by atoms with E-state index in [1.807, 2.05) is 24.3 Å². The zero-order valence-corrected chi connectivity index (χ0v) is 14.3. The zero-order chi connectivity index (χ0) is 17.6. The second kappa shape index (κ2) is 7.75. The molecule has 5 heteroatoms. The summed E-state index contributed by atoms with van der Waals surface area (Å²) in [6.45, 7) is 4.66. The van der Waals surface area contributed by atoms with Gasteiger partial charge in [-0.25, -0.2) is 9.37 Å². The van der Waals surface area contributed by atoms with E-state index in [1.165, 1.54) is 11.6 Å². The predicted molar refractivity (Wildman–Crippen MR) is 99.6 cm³/mol. The number of para-hydroxylation sites is 1. The van der Waals surface area contributed by atoms with Crippen LogP contribution in [-0.4, -0.2) is 9.97 Å². The van der Waals surface area contributed by atoms with Crippen molar-refractivity contribution in [2.24, 2.45) is 0 Å². The fourth-order valence-electron chi connectivity index (χ4n) is 2.58. The molecule has 0 unspecified atom stereocenters. The van der Waals surface area contributed by atoms with E-state index in [2.05, 4.69) is 40.5 Å². The molecule has 4 nitrogen and oxygen atoms in total. The lowest BCUT2D eigenvalue weighted by molar-refractivity contribution is 0.613. The summed E-state index contributed by atoms with van der Waals surface area (Å²) in [4.78, 5) is 8.73. The van der Waals surface area contributed by atoms with Crippen molar-refractivity contribution in [2.75, 3.05) is 10.6 Å². The minimum Gasteiger partial charge on any atom is -0.366 e. The summed E-state index contributed by atoms with van der Waals surface area (Å²) >= 11 is 0. The number of halogens is 1. The van der Waals surface area contributed by atoms with Gasteiger partial charge in [-0.05, 0) is 29.7 Å². The maximum atomic E-state index is 13.7. The van der Waals surface area contributed by atoms with Gasteiger partial charge in [0.1, 0.15) is 11.6 Å². The first-order valence-electron chi connectivity index (χ1n) is 8.30. The Hall–Kier alpha value is -2.95. The smallest absolute Gasteiger partial charge is 0.229 e. The van der Waals surface area contributed by atoms with E-state index < -0.39 is 0 Å². The molecule has 3 aromatic rings. The van der Waals surface area contributed by atoms with Crippen molar-refractivity contribution in [1.82, 2.24) is 9.97 Å². The number of anilines is 3. The first-order chi connectivity index (χ1) is 12.1. The molecule has 0 bridgehead atoms. The summed E-state index contributed by atoms with van der Waals surface area (Å²) in [6.07, 6.45) is 1.68. The Morgan fingerprint density at radius 2 is 1.76 bits per heavy atom. The highest BCUT2D eigenvalue weighted by Crippen LogP contribution is 2.25. The van der Waals surface area contributed by atoms with Gasteiger partial charge in [0.15, 0.2) is 0 Å². The molecule has 3 rings (SSSR count). The average Bonchev–Trinajstić information content (AvgIpc) is 2.62. The van der Waals surface area contributed by atoms with E-state index in [4.69, 9.17) is 0 Å². The van der Waals surface area contributed by atoms with Crippen LogP contribution in [0.15, 0.2) is 60.8 Å². The third kappa shape index (κ3) is 4.32. The Balaban J connectivity index is 1.73. The van der Waals surface area contributed by atoms with Crippen molar-refractivity contribution in [3.8, 4) is 0 Å². The predicted octanol–water partition coefficient (Wildman–Crippen LogP) is 5.09. The normalized spacial score (nSPS) is 10.7. The summed E-state index contributed by atoms with van der Waals surface area (Å²) < 4.78 is 13.7. The maximum absolute atomic E-state index is 13.7.